The van der Waals surface area contributed by atoms with E-state index in [2.05, 4.69) is 4.74 Å². The fourth-order valence-corrected chi connectivity index (χ4v) is 4.58. The molecule has 102 valence electrons. The summed E-state index contributed by atoms with van der Waals surface area (Å²) in [7, 11) is 4.02. The van der Waals surface area contributed by atoms with E-state index in [-0.39, 0.29) is 9.77 Å². The van der Waals surface area contributed by atoms with Crippen LogP contribution in [0, 0.1) is 0 Å². The molecule has 0 fully saturated rings. The molecular weight excluding hydrogens is 312 g/mol. The third-order valence-corrected chi connectivity index (χ3v) is 5.10. The summed E-state index contributed by atoms with van der Waals surface area (Å²) in [5.41, 5.74) is 0. The Labute approximate surface area is 118 Å². The van der Waals surface area contributed by atoms with Crippen LogP contribution in [0.1, 0.15) is 9.67 Å². The molecule has 5 nitrogen and oxygen atoms in total. The van der Waals surface area contributed by atoms with Crippen LogP contribution < -0.4 is 4.74 Å². The number of halogens is 1. The minimum Gasteiger partial charge on any atom is -0.497 e. The van der Waals surface area contributed by atoms with E-state index in [9.17, 15) is 13.2 Å². The molecule has 0 saturated carbocycles. The fraction of sp³-hybridized carbons (Fsp3) is 0.182. The summed E-state index contributed by atoms with van der Waals surface area (Å²) in [5.74, 6) is -0.178. The lowest BCUT2D eigenvalue weighted by Gasteiger charge is -2.00. The Bertz CT molecular complexity index is 748. The van der Waals surface area contributed by atoms with Crippen LogP contribution in [0.4, 0.5) is 0 Å². The Morgan fingerprint density at radius 2 is 2.00 bits per heavy atom. The number of carbonyl (C=O) groups is 1. The zero-order valence-corrected chi connectivity index (χ0v) is 12.4. The van der Waals surface area contributed by atoms with Crippen LogP contribution in [-0.4, -0.2) is 28.6 Å². The Morgan fingerprint density at radius 1 is 1.32 bits per heavy atom. The topological polar surface area (TPSA) is 69.7 Å². The van der Waals surface area contributed by atoms with Crippen molar-refractivity contribution in [1.29, 1.82) is 0 Å². The minimum absolute atomic E-state index is 0.0410. The molecule has 0 amide bonds. The lowest BCUT2D eigenvalue weighted by molar-refractivity contribution is 0.0602. The van der Waals surface area contributed by atoms with Gasteiger partial charge in [-0.25, -0.2) is 13.2 Å². The van der Waals surface area contributed by atoms with Gasteiger partial charge in [-0.15, -0.1) is 11.3 Å². The van der Waals surface area contributed by atoms with Gasteiger partial charge >= 0.3 is 5.97 Å². The standard InChI is InChI=1S/C11H9ClO5S2/c1-16-6-3-4-7-8(5-6)18-9(11(13)17-2)10(7)19(12,14)15/h3-5H,1-2H3. The third-order valence-electron chi connectivity index (χ3n) is 2.47. The molecule has 8 heteroatoms. The molecule has 1 aromatic carbocycles. The molecule has 0 bridgehead atoms. The lowest BCUT2D eigenvalue weighted by Crippen LogP contribution is -2.03. The molecule has 2 aromatic rings. The molecular formula is C11H9ClO5S2. The number of fused-ring (bicyclic) bond motifs is 1. The maximum Gasteiger partial charge on any atom is 0.349 e. The van der Waals surface area contributed by atoms with Crippen molar-refractivity contribution >= 4 is 47.1 Å². The molecule has 2 rings (SSSR count). The van der Waals surface area contributed by atoms with Crippen molar-refractivity contribution in [2.45, 2.75) is 4.90 Å². The summed E-state index contributed by atoms with van der Waals surface area (Å²) >= 11 is 0.995. The molecule has 0 aliphatic carbocycles. The average molecular weight is 321 g/mol. The number of methoxy groups -OCH3 is 2. The number of thiophene rings is 1. The third kappa shape index (κ3) is 2.54. The predicted molar refractivity (Wildman–Crippen MR) is 72.8 cm³/mol. The van der Waals surface area contributed by atoms with Crippen molar-refractivity contribution in [2.24, 2.45) is 0 Å². The van der Waals surface area contributed by atoms with Crippen LogP contribution in [0.5, 0.6) is 5.75 Å². The quantitative estimate of drug-likeness (QED) is 0.642. The van der Waals surface area contributed by atoms with E-state index in [4.69, 9.17) is 15.4 Å². The van der Waals surface area contributed by atoms with Crippen LogP contribution in [0.25, 0.3) is 10.1 Å². The van der Waals surface area contributed by atoms with Gasteiger partial charge in [-0.05, 0) is 18.2 Å². The Morgan fingerprint density at radius 3 is 2.53 bits per heavy atom. The summed E-state index contributed by atoms with van der Waals surface area (Å²) in [6.45, 7) is 0. The molecule has 0 aliphatic rings. The van der Waals surface area contributed by atoms with Crippen LogP contribution in [0.2, 0.25) is 0 Å². The number of hydrogen-bond acceptors (Lipinski definition) is 6. The van der Waals surface area contributed by atoms with Gasteiger partial charge in [-0.1, -0.05) is 0 Å². The van der Waals surface area contributed by atoms with Crippen LogP contribution in [0.15, 0.2) is 23.1 Å². The van der Waals surface area contributed by atoms with Crippen LogP contribution >= 0.6 is 22.0 Å². The largest absolute Gasteiger partial charge is 0.497 e. The highest BCUT2D eigenvalue weighted by molar-refractivity contribution is 8.14. The van der Waals surface area contributed by atoms with Gasteiger partial charge in [0.2, 0.25) is 0 Å². The number of benzene rings is 1. The first-order valence-corrected chi connectivity index (χ1v) is 8.14. The molecule has 0 aliphatic heterocycles. The SMILES string of the molecule is COC(=O)c1sc2cc(OC)ccc2c1S(=O)(=O)Cl. The highest BCUT2D eigenvalue weighted by atomic mass is 35.7. The number of esters is 1. The van der Waals surface area contributed by atoms with E-state index in [1.165, 1.54) is 14.2 Å². The monoisotopic (exact) mass is 320 g/mol. The first-order valence-electron chi connectivity index (χ1n) is 5.02. The van der Waals surface area contributed by atoms with Crippen molar-refractivity contribution in [3.05, 3.63) is 23.1 Å². The second-order valence-corrected chi connectivity index (χ2v) is 7.11. The van der Waals surface area contributed by atoms with E-state index < -0.39 is 15.0 Å². The predicted octanol–water partition coefficient (Wildman–Crippen LogP) is 2.62. The molecule has 0 atom stereocenters. The zero-order valence-electron chi connectivity index (χ0n) is 9.97. The van der Waals surface area contributed by atoms with Gasteiger partial charge < -0.3 is 9.47 Å². The van der Waals surface area contributed by atoms with Crippen molar-refractivity contribution in [3.63, 3.8) is 0 Å². The van der Waals surface area contributed by atoms with Crippen LogP contribution in [0.3, 0.4) is 0 Å². The highest BCUT2D eigenvalue weighted by Gasteiger charge is 2.27. The molecule has 19 heavy (non-hydrogen) atoms. The molecule has 0 saturated heterocycles. The van der Waals surface area contributed by atoms with Gasteiger partial charge in [0.25, 0.3) is 9.05 Å². The Hall–Kier alpha value is -1.31. The smallest absolute Gasteiger partial charge is 0.349 e. The highest BCUT2D eigenvalue weighted by Crippen LogP contribution is 2.38. The van der Waals surface area contributed by atoms with Gasteiger partial charge in [-0.2, -0.15) is 0 Å². The van der Waals surface area contributed by atoms with E-state index in [1.54, 1.807) is 18.2 Å². The Balaban J connectivity index is 2.84. The Kier molecular flexibility index (Phi) is 3.71. The summed E-state index contributed by atoms with van der Waals surface area (Å²) in [5, 5.41) is 0.376. The van der Waals surface area contributed by atoms with Crippen molar-refractivity contribution in [1.82, 2.24) is 0 Å². The normalized spacial score (nSPS) is 11.5. The summed E-state index contributed by atoms with van der Waals surface area (Å²) in [4.78, 5) is 11.4. The number of hydrogen-bond donors (Lipinski definition) is 0. The van der Waals surface area contributed by atoms with E-state index in [0.29, 0.717) is 15.8 Å². The molecule has 1 aromatic heterocycles. The van der Waals surface area contributed by atoms with Crippen molar-refractivity contribution in [3.8, 4) is 5.75 Å². The van der Waals surface area contributed by atoms with Gasteiger partial charge in [-0.3, -0.25) is 0 Å². The molecule has 0 N–H and O–H groups in total. The molecule has 1 heterocycles. The first-order chi connectivity index (χ1) is 8.88. The number of rotatable bonds is 3. The summed E-state index contributed by atoms with van der Waals surface area (Å²) < 4.78 is 33.5. The van der Waals surface area contributed by atoms with E-state index >= 15 is 0 Å². The average Bonchev–Trinajstić information content (AvgIpc) is 2.75. The van der Waals surface area contributed by atoms with E-state index in [0.717, 1.165) is 11.3 Å². The second kappa shape index (κ2) is 4.99. The summed E-state index contributed by atoms with van der Waals surface area (Å²) in [6, 6.07) is 4.78. The van der Waals surface area contributed by atoms with Gasteiger partial charge in [0.15, 0.2) is 0 Å². The number of ether oxygens (including phenoxy) is 2. The zero-order chi connectivity index (χ0) is 14.2. The van der Waals surface area contributed by atoms with Gasteiger partial charge in [0.1, 0.15) is 15.5 Å². The maximum atomic E-state index is 11.6. The second-order valence-electron chi connectivity index (χ2n) is 3.55. The maximum absolute atomic E-state index is 11.6. The molecule has 0 radical (unpaired) electrons. The van der Waals surface area contributed by atoms with Crippen molar-refractivity contribution in [2.75, 3.05) is 14.2 Å². The fourth-order valence-electron chi connectivity index (χ4n) is 1.65. The van der Waals surface area contributed by atoms with Gasteiger partial charge in [0, 0.05) is 20.8 Å². The van der Waals surface area contributed by atoms with Gasteiger partial charge in [0.05, 0.1) is 14.2 Å². The van der Waals surface area contributed by atoms with Crippen LogP contribution in [-0.2, 0) is 13.8 Å². The van der Waals surface area contributed by atoms with Crippen molar-refractivity contribution < 1.29 is 22.7 Å². The number of carbonyl (C=O) groups excluding carboxylic acids is 1. The molecule has 0 spiro atoms. The lowest BCUT2D eigenvalue weighted by atomic mass is 10.2. The summed E-state index contributed by atoms with van der Waals surface area (Å²) in [6.07, 6.45) is 0. The minimum atomic E-state index is -4.05. The molecule has 0 unspecified atom stereocenters. The first kappa shape index (κ1) is 14.1. The van der Waals surface area contributed by atoms with E-state index in [1.807, 2.05) is 0 Å².